The van der Waals surface area contributed by atoms with E-state index in [0.717, 1.165) is 12.0 Å². The Morgan fingerprint density at radius 3 is 2.68 bits per heavy atom. The van der Waals surface area contributed by atoms with E-state index in [1.807, 2.05) is 18.2 Å². The SMILES string of the molecule is CC(C)Cc1cccc(C(O)C2CCS(=O)(=O)C2)c1. The molecule has 0 aliphatic carbocycles. The van der Waals surface area contributed by atoms with Gasteiger partial charge in [-0.05, 0) is 29.9 Å². The summed E-state index contributed by atoms with van der Waals surface area (Å²) < 4.78 is 23.0. The van der Waals surface area contributed by atoms with E-state index in [9.17, 15) is 13.5 Å². The molecule has 1 aromatic rings. The molecule has 2 rings (SSSR count). The summed E-state index contributed by atoms with van der Waals surface area (Å²) in [7, 11) is -2.94. The van der Waals surface area contributed by atoms with Gasteiger partial charge in [0.2, 0.25) is 0 Å². The van der Waals surface area contributed by atoms with E-state index >= 15 is 0 Å². The Morgan fingerprint density at radius 1 is 1.37 bits per heavy atom. The molecule has 0 bridgehead atoms. The van der Waals surface area contributed by atoms with Crippen molar-refractivity contribution >= 4 is 9.84 Å². The van der Waals surface area contributed by atoms with Gasteiger partial charge in [0, 0.05) is 5.92 Å². The van der Waals surface area contributed by atoms with Crippen LogP contribution in [0.25, 0.3) is 0 Å². The van der Waals surface area contributed by atoms with Crippen molar-refractivity contribution in [2.24, 2.45) is 11.8 Å². The van der Waals surface area contributed by atoms with Gasteiger partial charge in [0.15, 0.2) is 9.84 Å². The Labute approximate surface area is 115 Å². The Morgan fingerprint density at radius 2 is 2.11 bits per heavy atom. The second-order valence-electron chi connectivity index (χ2n) is 5.95. The van der Waals surface area contributed by atoms with Crippen LogP contribution in [0.5, 0.6) is 0 Å². The summed E-state index contributed by atoms with van der Waals surface area (Å²) in [5, 5.41) is 10.3. The maximum absolute atomic E-state index is 11.5. The molecule has 1 aromatic carbocycles. The van der Waals surface area contributed by atoms with Crippen LogP contribution < -0.4 is 0 Å². The Kier molecular flexibility index (Phi) is 4.31. The minimum Gasteiger partial charge on any atom is -0.388 e. The summed E-state index contributed by atoms with van der Waals surface area (Å²) in [5.41, 5.74) is 2.05. The summed E-state index contributed by atoms with van der Waals surface area (Å²) in [6, 6.07) is 7.90. The molecule has 2 unspecified atom stereocenters. The molecule has 0 radical (unpaired) electrons. The molecule has 0 aromatic heterocycles. The lowest BCUT2D eigenvalue weighted by atomic mass is 9.92. The maximum Gasteiger partial charge on any atom is 0.150 e. The molecular weight excluding hydrogens is 260 g/mol. The quantitative estimate of drug-likeness (QED) is 0.922. The number of benzene rings is 1. The Balaban J connectivity index is 2.13. The minimum absolute atomic E-state index is 0.114. The van der Waals surface area contributed by atoms with E-state index in [2.05, 4.69) is 19.9 Å². The summed E-state index contributed by atoms with van der Waals surface area (Å²) in [4.78, 5) is 0. The maximum atomic E-state index is 11.5. The average molecular weight is 282 g/mol. The lowest BCUT2D eigenvalue weighted by Gasteiger charge is -2.18. The molecule has 1 aliphatic rings. The van der Waals surface area contributed by atoms with Gasteiger partial charge in [0.05, 0.1) is 17.6 Å². The average Bonchev–Trinajstić information content (AvgIpc) is 2.68. The van der Waals surface area contributed by atoms with Crippen LogP contribution in [0.3, 0.4) is 0 Å². The molecule has 106 valence electrons. The fourth-order valence-electron chi connectivity index (χ4n) is 2.72. The fraction of sp³-hybridized carbons (Fsp3) is 0.600. The van der Waals surface area contributed by atoms with Crippen LogP contribution in [0.1, 0.15) is 37.5 Å². The van der Waals surface area contributed by atoms with Crippen molar-refractivity contribution in [3.8, 4) is 0 Å². The van der Waals surface area contributed by atoms with Gasteiger partial charge in [-0.3, -0.25) is 0 Å². The third kappa shape index (κ3) is 3.80. The molecule has 0 amide bonds. The number of hydrogen-bond acceptors (Lipinski definition) is 3. The first-order valence-corrected chi connectivity index (χ1v) is 8.67. The molecule has 1 N–H and O–H groups in total. The second-order valence-corrected chi connectivity index (χ2v) is 8.18. The van der Waals surface area contributed by atoms with Crippen molar-refractivity contribution in [3.63, 3.8) is 0 Å². The van der Waals surface area contributed by atoms with Crippen LogP contribution in [0.15, 0.2) is 24.3 Å². The zero-order valence-corrected chi connectivity index (χ0v) is 12.4. The smallest absolute Gasteiger partial charge is 0.150 e. The molecule has 19 heavy (non-hydrogen) atoms. The van der Waals surface area contributed by atoms with Crippen molar-refractivity contribution in [1.29, 1.82) is 0 Å². The van der Waals surface area contributed by atoms with E-state index in [0.29, 0.717) is 12.3 Å². The minimum atomic E-state index is -2.94. The van der Waals surface area contributed by atoms with Gasteiger partial charge >= 0.3 is 0 Å². The predicted molar refractivity (Wildman–Crippen MR) is 76.7 cm³/mol. The van der Waals surface area contributed by atoms with E-state index in [1.165, 1.54) is 5.56 Å². The normalized spacial score (nSPS) is 23.7. The molecule has 0 saturated carbocycles. The van der Waals surface area contributed by atoms with Crippen molar-refractivity contribution < 1.29 is 13.5 Å². The van der Waals surface area contributed by atoms with Gasteiger partial charge in [0.25, 0.3) is 0 Å². The standard InChI is InChI=1S/C15H22O3S/c1-11(2)8-12-4-3-5-13(9-12)15(16)14-6-7-19(17,18)10-14/h3-5,9,11,14-16H,6-8,10H2,1-2H3. The molecule has 1 saturated heterocycles. The van der Waals surface area contributed by atoms with E-state index in [-0.39, 0.29) is 17.4 Å². The fourth-order valence-corrected chi connectivity index (χ4v) is 4.55. The van der Waals surface area contributed by atoms with Gasteiger partial charge in [-0.2, -0.15) is 0 Å². The first kappa shape index (κ1) is 14.5. The third-order valence-electron chi connectivity index (χ3n) is 3.65. The number of sulfone groups is 1. The molecule has 3 nitrogen and oxygen atoms in total. The van der Waals surface area contributed by atoms with Gasteiger partial charge in [-0.1, -0.05) is 38.1 Å². The van der Waals surface area contributed by atoms with Crippen LogP contribution in [0.4, 0.5) is 0 Å². The van der Waals surface area contributed by atoms with Crippen LogP contribution >= 0.6 is 0 Å². The number of rotatable bonds is 4. The van der Waals surface area contributed by atoms with Crippen LogP contribution in [-0.4, -0.2) is 25.0 Å². The van der Waals surface area contributed by atoms with Crippen molar-refractivity contribution in [2.75, 3.05) is 11.5 Å². The van der Waals surface area contributed by atoms with Crippen molar-refractivity contribution in [2.45, 2.75) is 32.8 Å². The lowest BCUT2D eigenvalue weighted by Crippen LogP contribution is -2.14. The Bertz CT molecular complexity index is 534. The molecule has 4 heteroatoms. The van der Waals surface area contributed by atoms with Gasteiger partial charge in [-0.15, -0.1) is 0 Å². The third-order valence-corrected chi connectivity index (χ3v) is 5.44. The zero-order chi connectivity index (χ0) is 14.0. The lowest BCUT2D eigenvalue weighted by molar-refractivity contribution is 0.121. The molecule has 1 fully saturated rings. The molecule has 2 atom stereocenters. The summed E-state index contributed by atoms with van der Waals surface area (Å²) in [6.07, 6.45) is 0.880. The van der Waals surface area contributed by atoms with Gasteiger partial charge in [0.1, 0.15) is 0 Å². The van der Waals surface area contributed by atoms with Gasteiger partial charge < -0.3 is 5.11 Å². The number of hydrogen-bond donors (Lipinski definition) is 1. The molecular formula is C15H22O3S. The summed E-state index contributed by atoms with van der Waals surface area (Å²) in [5.74, 6) is 0.738. The van der Waals surface area contributed by atoms with Gasteiger partial charge in [-0.25, -0.2) is 8.42 Å². The van der Waals surface area contributed by atoms with Crippen molar-refractivity contribution in [3.05, 3.63) is 35.4 Å². The summed E-state index contributed by atoms with van der Waals surface area (Å²) >= 11 is 0. The zero-order valence-electron chi connectivity index (χ0n) is 11.5. The molecule has 1 aliphatic heterocycles. The molecule has 1 heterocycles. The first-order valence-electron chi connectivity index (χ1n) is 6.85. The Hall–Kier alpha value is -0.870. The van der Waals surface area contributed by atoms with Crippen molar-refractivity contribution in [1.82, 2.24) is 0 Å². The van der Waals surface area contributed by atoms with E-state index < -0.39 is 15.9 Å². The van der Waals surface area contributed by atoms with Crippen LogP contribution in [0, 0.1) is 11.8 Å². The predicted octanol–water partition coefficient (Wildman–Crippen LogP) is 2.35. The van der Waals surface area contributed by atoms with E-state index in [4.69, 9.17) is 0 Å². The van der Waals surface area contributed by atoms with E-state index in [1.54, 1.807) is 0 Å². The topological polar surface area (TPSA) is 54.4 Å². The highest BCUT2D eigenvalue weighted by atomic mass is 32.2. The highest BCUT2D eigenvalue weighted by Crippen LogP contribution is 2.31. The van der Waals surface area contributed by atoms with Crippen LogP contribution in [-0.2, 0) is 16.3 Å². The largest absolute Gasteiger partial charge is 0.388 e. The first-order chi connectivity index (χ1) is 8.87. The highest BCUT2D eigenvalue weighted by Gasteiger charge is 2.33. The highest BCUT2D eigenvalue weighted by molar-refractivity contribution is 7.91. The second kappa shape index (κ2) is 5.63. The summed E-state index contributed by atoms with van der Waals surface area (Å²) in [6.45, 7) is 4.32. The monoisotopic (exact) mass is 282 g/mol. The number of aliphatic hydroxyl groups excluding tert-OH is 1. The van der Waals surface area contributed by atoms with Crippen LogP contribution in [0.2, 0.25) is 0 Å². The number of aliphatic hydroxyl groups is 1. The molecule has 0 spiro atoms.